The molecule has 0 aliphatic carbocycles. The Morgan fingerprint density at radius 2 is 1.79 bits per heavy atom. The summed E-state index contributed by atoms with van der Waals surface area (Å²) in [5.74, 6) is -1.26. The van der Waals surface area contributed by atoms with Crippen LogP contribution in [0.1, 0.15) is 67.6 Å². The monoisotopic (exact) mass is 576 g/mol. The Morgan fingerprint density at radius 1 is 1.02 bits per heavy atom. The van der Waals surface area contributed by atoms with Gasteiger partial charge in [0, 0.05) is 34.4 Å². The number of halogens is 1. The van der Waals surface area contributed by atoms with E-state index >= 15 is 0 Å². The van der Waals surface area contributed by atoms with Crippen LogP contribution in [0.15, 0.2) is 66.9 Å². The van der Waals surface area contributed by atoms with E-state index in [1.807, 2.05) is 39.0 Å². The summed E-state index contributed by atoms with van der Waals surface area (Å²) in [6.45, 7) is 7.32. The lowest BCUT2D eigenvalue weighted by Crippen LogP contribution is -2.26. The van der Waals surface area contributed by atoms with Crippen LogP contribution in [-0.2, 0) is 4.79 Å². The Balaban J connectivity index is 1.27. The molecule has 10 heteroatoms. The number of rotatable bonds is 6. The third-order valence-corrected chi connectivity index (χ3v) is 7.71. The SMILES string of the molecule is Cc1nc2ccccn2c1C(=O)Nc1c(C)[nH]c(/C=C2\C(=O)Nc3ccc(C(=O)N[C@H](C)c4ccc(F)cc4)cc32)c1C. The normalized spacial score (nSPS) is 14.1. The van der Waals surface area contributed by atoms with Crippen LogP contribution < -0.4 is 16.0 Å². The van der Waals surface area contributed by atoms with Gasteiger partial charge in [-0.15, -0.1) is 0 Å². The van der Waals surface area contributed by atoms with Gasteiger partial charge in [0.15, 0.2) is 0 Å². The van der Waals surface area contributed by atoms with E-state index < -0.39 is 0 Å². The number of nitrogens with one attached hydrogen (secondary N) is 4. The summed E-state index contributed by atoms with van der Waals surface area (Å²) >= 11 is 0. The zero-order valence-corrected chi connectivity index (χ0v) is 24.0. The van der Waals surface area contributed by atoms with Crippen LogP contribution in [0.2, 0.25) is 0 Å². The molecule has 0 spiro atoms. The fraction of sp³-hybridized carbons (Fsp3) is 0.152. The maximum absolute atomic E-state index is 13.3. The van der Waals surface area contributed by atoms with Crippen LogP contribution >= 0.6 is 0 Å². The van der Waals surface area contributed by atoms with Crippen molar-refractivity contribution in [2.24, 2.45) is 0 Å². The number of benzene rings is 2. The van der Waals surface area contributed by atoms with E-state index in [9.17, 15) is 18.8 Å². The van der Waals surface area contributed by atoms with E-state index in [0.29, 0.717) is 50.8 Å². The summed E-state index contributed by atoms with van der Waals surface area (Å²) < 4.78 is 15.1. The second-order valence-corrected chi connectivity index (χ2v) is 10.6. The standard InChI is InChI=1S/C33H29FN6O3/c1-17-27(35-19(3)29(17)39-33(43)30-20(4)36-28-7-5-6-14-40(28)30)16-25-24-15-22(10-13-26(24)38-32(25)42)31(41)37-18(2)21-8-11-23(34)12-9-21/h5-16,18,35H,1-4H3,(H,37,41)(H,38,42)(H,39,43)/b25-16-/t18-/m1/s1. The topological polar surface area (TPSA) is 120 Å². The molecule has 4 heterocycles. The first kappa shape index (κ1) is 27.6. The zero-order valence-electron chi connectivity index (χ0n) is 24.0. The van der Waals surface area contributed by atoms with Crippen LogP contribution in [0, 0.1) is 26.6 Å². The van der Waals surface area contributed by atoms with Gasteiger partial charge in [0.25, 0.3) is 17.7 Å². The highest BCUT2D eigenvalue weighted by molar-refractivity contribution is 6.35. The van der Waals surface area contributed by atoms with Gasteiger partial charge >= 0.3 is 0 Å². The Morgan fingerprint density at radius 3 is 2.56 bits per heavy atom. The smallest absolute Gasteiger partial charge is 0.274 e. The number of nitrogens with zero attached hydrogens (tertiary/aromatic N) is 2. The van der Waals surface area contributed by atoms with Crippen molar-refractivity contribution < 1.29 is 18.8 Å². The Hall–Kier alpha value is -5.51. The van der Waals surface area contributed by atoms with E-state index in [2.05, 4.69) is 25.9 Å². The number of aromatic nitrogens is 3. The van der Waals surface area contributed by atoms with E-state index in [1.165, 1.54) is 12.1 Å². The molecule has 43 heavy (non-hydrogen) atoms. The molecule has 0 bridgehead atoms. The van der Waals surface area contributed by atoms with Crippen LogP contribution in [0.3, 0.4) is 0 Å². The molecule has 4 N–H and O–H groups in total. The third-order valence-electron chi connectivity index (χ3n) is 7.71. The molecule has 9 nitrogen and oxygen atoms in total. The molecule has 0 fully saturated rings. The number of hydrogen-bond donors (Lipinski definition) is 4. The number of aromatic amines is 1. The van der Waals surface area contributed by atoms with Crippen molar-refractivity contribution >= 4 is 46.4 Å². The number of anilines is 2. The largest absolute Gasteiger partial charge is 0.357 e. The summed E-state index contributed by atoms with van der Waals surface area (Å²) in [6, 6.07) is 16.2. The fourth-order valence-corrected chi connectivity index (χ4v) is 5.40. The predicted octanol–water partition coefficient (Wildman–Crippen LogP) is 5.96. The molecule has 1 aliphatic heterocycles. The number of fused-ring (bicyclic) bond motifs is 2. The van der Waals surface area contributed by atoms with Gasteiger partial charge in [-0.25, -0.2) is 9.37 Å². The molecule has 1 aliphatic rings. The lowest BCUT2D eigenvalue weighted by atomic mass is 10.0. The highest BCUT2D eigenvalue weighted by Gasteiger charge is 2.27. The summed E-state index contributed by atoms with van der Waals surface area (Å²) in [7, 11) is 0. The van der Waals surface area contributed by atoms with Crippen molar-refractivity contribution in [1.82, 2.24) is 19.7 Å². The first-order valence-corrected chi connectivity index (χ1v) is 13.8. The van der Waals surface area contributed by atoms with Crippen LogP contribution in [0.4, 0.5) is 15.8 Å². The lowest BCUT2D eigenvalue weighted by Gasteiger charge is -2.15. The minimum absolute atomic E-state index is 0.296. The predicted molar refractivity (Wildman–Crippen MR) is 163 cm³/mol. The summed E-state index contributed by atoms with van der Waals surface area (Å²) in [5, 5.41) is 8.79. The highest BCUT2D eigenvalue weighted by atomic mass is 19.1. The second-order valence-electron chi connectivity index (χ2n) is 10.6. The molecule has 3 aromatic heterocycles. The number of imidazole rings is 1. The molecular weight excluding hydrogens is 547 g/mol. The van der Waals surface area contributed by atoms with Gasteiger partial charge in [0.05, 0.1) is 23.0 Å². The van der Waals surface area contributed by atoms with Crippen molar-refractivity contribution in [3.63, 3.8) is 0 Å². The minimum atomic E-state index is -0.348. The van der Waals surface area contributed by atoms with Gasteiger partial charge < -0.3 is 20.9 Å². The quantitative estimate of drug-likeness (QED) is 0.186. The number of carbonyl (C=O) groups excluding carboxylic acids is 3. The molecule has 3 amide bonds. The molecule has 6 rings (SSSR count). The summed E-state index contributed by atoms with van der Waals surface area (Å²) in [4.78, 5) is 47.2. The Labute approximate surface area is 246 Å². The van der Waals surface area contributed by atoms with Crippen LogP contribution in [0.25, 0.3) is 17.3 Å². The van der Waals surface area contributed by atoms with Crippen molar-refractivity contribution in [3.05, 3.63) is 118 Å². The van der Waals surface area contributed by atoms with E-state index in [-0.39, 0.29) is 29.6 Å². The van der Waals surface area contributed by atoms with Gasteiger partial charge in [-0.1, -0.05) is 18.2 Å². The van der Waals surface area contributed by atoms with E-state index in [0.717, 1.165) is 16.8 Å². The van der Waals surface area contributed by atoms with Crippen molar-refractivity contribution in [1.29, 1.82) is 0 Å². The van der Waals surface area contributed by atoms with Gasteiger partial charge in [-0.3, -0.25) is 18.8 Å². The van der Waals surface area contributed by atoms with E-state index in [1.54, 1.807) is 53.9 Å². The fourth-order valence-electron chi connectivity index (χ4n) is 5.40. The van der Waals surface area contributed by atoms with E-state index in [4.69, 9.17) is 0 Å². The number of carbonyl (C=O) groups is 3. The average Bonchev–Trinajstić information content (AvgIpc) is 3.58. The number of hydrogen-bond acceptors (Lipinski definition) is 4. The Bertz CT molecular complexity index is 1970. The molecular formula is C33H29FN6O3. The first-order valence-electron chi connectivity index (χ1n) is 13.8. The number of aryl methyl sites for hydroxylation is 2. The van der Waals surface area contributed by atoms with Gasteiger partial charge in [-0.2, -0.15) is 0 Å². The van der Waals surface area contributed by atoms with Gasteiger partial charge in [0.2, 0.25) is 0 Å². The Kier molecular flexibility index (Phi) is 6.89. The number of amides is 3. The third kappa shape index (κ3) is 5.07. The minimum Gasteiger partial charge on any atom is -0.357 e. The molecule has 0 saturated carbocycles. The highest BCUT2D eigenvalue weighted by Crippen LogP contribution is 2.36. The maximum atomic E-state index is 13.3. The number of H-pyrrole nitrogens is 1. The summed E-state index contributed by atoms with van der Waals surface area (Å²) in [5.41, 5.74) is 7.21. The van der Waals surface area contributed by atoms with Gasteiger partial charge in [0.1, 0.15) is 17.2 Å². The molecule has 216 valence electrons. The van der Waals surface area contributed by atoms with Crippen LogP contribution in [-0.4, -0.2) is 32.1 Å². The molecule has 2 aromatic carbocycles. The van der Waals surface area contributed by atoms with Gasteiger partial charge in [-0.05, 0) is 87.4 Å². The first-order chi connectivity index (χ1) is 20.6. The molecule has 5 aromatic rings. The van der Waals surface area contributed by atoms with Crippen LogP contribution in [0.5, 0.6) is 0 Å². The second kappa shape index (κ2) is 10.7. The average molecular weight is 577 g/mol. The van der Waals surface area contributed by atoms with Crippen molar-refractivity contribution in [2.45, 2.75) is 33.7 Å². The lowest BCUT2D eigenvalue weighted by molar-refractivity contribution is -0.110. The maximum Gasteiger partial charge on any atom is 0.274 e. The van der Waals surface area contributed by atoms with Crippen molar-refractivity contribution in [2.75, 3.05) is 10.6 Å². The molecule has 0 saturated heterocycles. The molecule has 1 atom stereocenters. The summed E-state index contributed by atoms with van der Waals surface area (Å²) in [6.07, 6.45) is 3.52. The number of pyridine rings is 1. The molecule has 0 unspecified atom stereocenters. The zero-order chi connectivity index (χ0) is 30.4. The van der Waals surface area contributed by atoms with Crippen molar-refractivity contribution in [3.8, 4) is 0 Å². The molecule has 0 radical (unpaired) electrons.